The Morgan fingerprint density at radius 2 is 2.00 bits per heavy atom. The van der Waals surface area contributed by atoms with Crippen LogP contribution in [-0.2, 0) is 9.53 Å². The quantitative estimate of drug-likeness (QED) is 0.665. The zero-order chi connectivity index (χ0) is 11.8. The van der Waals surface area contributed by atoms with Gasteiger partial charge >= 0.3 is 11.9 Å². The Morgan fingerprint density at radius 1 is 1.31 bits per heavy atom. The van der Waals surface area contributed by atoms with Gasteiger partial charge in [-0.1, -0.05) is 6.07 Å². The average molecular weight is 222 g/mol. The van der Waals surface area contributed by atoms with E-state index < -0.39 is 11.9 Å². The van der Waals surface area contributed by atoms with Crippen LogP contribution >= 0.6 is 0 Å². The molecular weight excluding hydrogens is 212 g/mol. The summed E-state index contributed by atoms with van der Waals surface area (Å²) in [5, 5.41) is 0. The molecule has 1 aliphatic heterocycles. The van der Waals surface area contributed by atoms with Crippen LogP contribution in [0.2, 0.25) is 0 Å². The fourth-order valence-corrected chi connectivity index (χ4v) is 1.45. The Labute approximate surface area is 91.6 Å². The summed E-state index contributed by atoms with van der Waals surface area (Å²) in [7, 11) is 0. The molecule has 1 aromatic rings. The first-order valence-corrected chi connectivity index (χ1v) is 4.70. The predicted octanol–water partition coefficient (Wildman–Crippen LogP) is 1.05. The van der Waals surface area contributed by atoms with Crippen LogP contribution in [0.15, 0.2) is 29.1 Å². The Hall–Kier alpha value is -2.04. The third kappa shape index (κ3) is 1.98. The van der Waals surface area contributed by atoms with Crippen LogP contribution in [0.1, 0.15) is 13.8 Å². The smallest absolute Gasteiger partial charge is 0.416 e. The molecule has 1 aliphatic rings. The van der Waals surface area contributed by atoms with E-state index in [1.54, 1.807) is 12.1 Å². The molecule has 5 heteroatoms. The number of rotatable bonds is 1. The lowest BCUT2D eigenvalue weighted by molar-refractivity contribution is -0.255. The van der Waals surface area contributed by atoms with Gasteiger partial charge in [0.05, 0.1) is 6.92 Å². The highest BCUT2D eigenvalue weighted by molar-refractivity contribution is 5.66. The molecule has 0 fully saturated rings. The van der Waals surface area contributed by atoms with Crippen molar-refractivity contribution < 1.29 is 19.0 Å². The zero-order valence-electron chi connectivity index (χ0n) is 8.85. The van der Waals surface area contributed by atoms with E-state index in [2.05, 4.69) is 0 Å². The summed E-state index contributed by atoms with van der Waals surface area (Å²) in [6, 6.07) is 5.79. The summed E-state index contributed by atoms with van der Waals surface area (Å²) in [6.45, 7) is 2.71. The maximum absolute atomic E-state index is 11.2. The fraction of sp³-hybridized carbons (Fsp3) is 0.273. The first kappa shape index (κ1) is 10.5. The number of ether oxygens (including phenoxy) is 3. The number of carbonyl (C=O) groups is 1. The Morgan fingerprint density at radius 3 is 2.69 bits per heavy atom. The van der Waals surface area contributed by atoms with Crippen molar-refractivity contribution in [3.8, 4) is 11.5 Å². The van der Waals surface area contributed by atoms with E-state index in [4.69, 9.17) is 14.2 Å². The van der Waals surface area contributed by atoms with Crippen LogP contribution in [0, 0.1) is 0 Å². The molecule has 0 N–H and O–H groups in total. The highest BCUT2D eigenvalue weighted by Gasteiger charge is 2.40. The molecule has 1 aromatic carbocycles. The Balaban J connectivity index is 2.35. The zero-order valence-corrected chi connectivity index (χ0v) is 8.85. The predicted molar refractivity (Wildman–Crippen MR) is 54.1 cm³/mol. The average Bonchev–Trinajstić information content (AvgIpc) is 2.31. The largest absolute Gasteiger partial charge is 0.417 e. The molecule has 0 aromatic heterocycles. The molecular formula is C11H10O5. The highest BCUT2D eigenvalue weighted by Crippen LogP contribution is 2.37. The number of fused-ring (bicyclic) bond motifs is 1. The second-order valence-electron chi connectivity index (χ2n) is 3.46. The second-order valence-corrected chi connectivity index (χ2v) is 3.46. The summed E-state index contributed by atoms with van der Waals surface area (Å²) in [5.74, 6) is -1.39. The van der Waals surface area contributed by atoms with Crippen molar-refractivity contribution in [3.63, 3.8) is 0 Å². The number of hydrogen-bond donors (Lipinski definition) is 0. The van der Waals surface area contributed by atoms with Gasteiger partial charge in [0.1, 0.15) is 0 Å². The molecule has 2 rings (SSSR count). The summed E-state index contributed by atoms with van der Waals surface area (Å²) >= 11 is 0. The molecule has 16 heavy (non-hydrogen) atoms. The van der Waals surface area contributed by atoms with E-state index in [-0.39, 0.29) is 11.2 Å². The van der Waals surface area contributed by atoms with Gasteiger partial charge in [-0.3, -0.25) is 9.59 Å². The van der Waals surface area contributed by atoms with Crippen LogP contribution in [-0.4, -0.2) is 11.9 Å². The lowest BCUT2D eigenvalue weighted by Gasteiger charge is -2.21. The van der Waals surface area contributed by atoms with Gasteiger partial charge in [-0.2, -0.15) is 0 Å². The monoisotopic (exact) mass is 222 g/mol. The lowest BCUT2D eigenvalue weighted by Crippen LogP contribution is -2.39. The van der Waals surface area contributed by atoms with E-state index >= 15 is 0 Å². The second kappa shape index (κ2) is 3.52. The van der Waals surface area contributed by atoms with Crippen molar-refractivity contribution in [2.75, 3.05) is 0 Å². The summed E-state index contributed by atoms with van der Waals surface area (Å²) in [5.41, 5.74) is -0.211. The molecule has 1 heterocycles. The van der Waals surface area contributed by atoms with Gasteiger partial charge in [0.25, 0.3) is 0 Å². The van der Waals surface area contributed by atoms with Crippen LogP contribution in [0.5, 0.6) is 11.5 Å². The number of hydrogen-bond acceptors (Lipinski definition) is 5. The minimum absolute atomic E-state index is 0.211. The van der Waals surface area contributed by atoms with Crippen LogP contribution < -0.4 is 14.9 Å². The standard InChI is InChI=1S/C11H10O5/c1-7(12)14-11(2)15-9-5-3-4-8(13)6-10(9)16-11/h3-6H,1-2H3. The molecule has 0 saturated carbocycles. The number of esters is 1. The minimum atomic E-state index is -1.49. The molecule has 0 bridgehead atoms. The fourth-order valence-electron chi connectivity index (χ4n) is 1.45. The van der Waals surface area contributed by atoms with E-state index in [9.17, 15) is 9.59 Å². The first-order valence-electron chi connectivity index (χ1n) is 4.70. The molecule has 0 saturated heterocycles. The molecule has 0 radical (unpaired) electrons. The molecule has 5 nitrogen and oxygen atoms in total. The van der Waals surface area contributed by atoms with Gasteiger partial charge < -0.3 is 14.2 Å². The van der Waals surface area contributed by atoms with Crippen molar-refractivity contribution in [3.05, 3.63) is 34.5 Å². The lowest BCUT2D eigenvalue weighted by atomic mass is 10.4. The summed E-state index contributed by atoms with van der Waals surface area (Å²) in [4.78, 5) is 22.1. The van der Waals surface area contributed by atoms with Crippen LogP contribution in [0.25, 0.3) is 0 Å². The van der Waals surface area contributed by atoms with Crippen LogP contribution in [0.3, 0.4) is 0 Å². The van der Waals surface area contributed by atoms with Crippen molar-refractivity contribution in [1.82, 2.24) is 0 Å². The summed E-state index contributed by atoms with van der Waals surface area (Å²) < 4.78 is 15.5. The van der Waals surface area contributed by atoms with Gasteiger partial charge in [-0.25, -0.2) is 0 Å². The molecule has 0 amide bonds. The number of carbonyl (C=O) groups excluding carboxylic acids is 1. The maximum Gasteiger partial charge on any atom is 0.416 e. The molecule has 0 spiro atoms. The van der Waals surface area contributed by atoms with E-state index in [1.165, 1.54) is 26.0 Å². The third-order valence-electron chi connectivity index (χ3n) is 1.94. The first-order chi connectivity index (χ1) is 7.48. The summed E-state index contributed by atoms with van der Waals surface area (Å²) in [6.07, 6.45) is 0. The molecule has 0 aliphatic carbocycles. The molecule has 84 valence electrons. The Kier molecular flexibility index (Phi) is 2.30. The van der Waals surface area contributed by atoms with Gasteiger partial charge in [0.15, 0.2) is 16.9 Å². The van der Waals surface area contributed by atoms with E-state index in [0.29, 0.717) is 5.75 Å². The minimum Gasteiger partial charge on any atom is -0.417 e. The van der Waals surface area contributed by atoms with Gasteiger partial charge in [0, 0.05) is 13.0 Å². The van der Waals surface area contributed by atoms with E-state index in [0.717, 1.165) is 0 Å². The highest BCUT2D eigenvalue weighted by atomic mass is 16.9. The third-order valence-corrected chi connectivity index (χ3v) is 1.94. The van der Waals surface area contributed by atoms with Crippen LogP contribution in [0.4, 0.5) is 0 Å². The van der Waals surface area contributed by atoms with Gasteiger partial charge in [-0.05, 0) is 12.1 Å². The normalized spacial score (nSPS) is 21.6. The molecule has 1 unspecified atom stereocenters. The van der Waals surface area contributed by atoms with Crippen molar-refractivity contribution in [2.24, 2.45) is 0 Å². The molecule has 1 atom stereocenters. The van der Waals surface area contributed by atoms with Crippen molar-refractivity contribution >= 4 is 5.97 Å². The maximum atomic E-state index is 11.2. The Bertz CT molecular complexity index is 496. The van der Waals surface area contributed by atoms with Gasteiger partial charge in [-0.15, -0.1) is 0 Å². The SMILES string of the molecule is CC(=O)OC1(C)Oc2cccc(=O)cc2O1. The van der Waals surface area contributed by atoms with Gasteiger partial charge in [0.2, 0.25) is 0 Å². The van der Waals surface area contributed by atoms with Crippen molar-refractivity contribution in [2.45, 2.75) is 19.8 Å². The van der Waals surface area contributed by atoms with Crippen molar-refractivity contribution in [1.29, 1.82) is 0 Å². The van der Waals surface area contributed by atoms with E-state index in [1.807, 2.05) is 0 Å². The topological polar surface area (TPSA) is 61.8 Å².